The summed E-state index contributed by atoms with van der Waals surface area (Å²) in [5, 5.41) is 0. The topological polar surface area (TPSA) is 65.2 Å². The van der Waals surface area contributed by atoms with Gasteiger partial charge in [0.25, 0.3) is 0 Å². The third-order valence-corrected chi connectivity index (χ3v) is 5.52. The quantitative estimate of drug-likeness (QED) is 0.420. The van der Waals surface area contributed by atoms with Crippen LogP contribution in [0.5, 0.6) is 0 Å². The summed E-state index contributed by atoms with van der Waals surface area (Å²) in [6, 6.07) is 18.4. The molecule has 1 aromatic heterocycles. The number of carbonyl (C=O) groups is 1. The Balaban J connectivity index is 2.36. The predicted molar refractivity (Wildman–Crippen MR) is 140 cm³/mol. The van der Waals surface area contributed by atoms with Crippen molar-refractivity contribution in [1.82, 2.24) is 4.98 Å². The van der Waals surface area contributed by atoms with Crippen LogP contribution in [-0.4, -0.2) is 16.6 Å². The summed E-state index contributed by atoms with van der Waals surface area (Å²) in [5.41, 5.74) is 12.9. The average molecular weight is 459 g/mol. The lowest BCUT2D eigenvalue weighted by Crippen LogP contribution is -2.27. The lowest BCUT2D eigenvalue weighted by Gasteiger charge is -2.26. The van der Waals surface area contributed by atoms with Crippen LogP contribution in [-0.2, 0) is 24.1 Å². The first-order chi connectivity index (χ1) is 15.9. The molecule has 0 aliphatic heterocycles. The highest BCUT2D eigenvalue weighted by Crippen LogP contribution is 2.36. The fourth-order valence-electron chi connectivity index (χ4n) is 4.10. The van der Waals surface area contributed by atoms with Gasteiger partial charge in [0.05, 0.1) is 11.3 Å². The van der Waals surface area contributed by atoms with E-state index >= 15 is 0 Å². The molecule has 0 fully saturated rings. The van der Waals surface area contributed by atoms with Crippen LogP contribution in [0, 0.1) is 12.3 Å². The number of pyridine rings is 1. The molecule has 2 aromatic carbocycles. The van der Waals surface area contributed by atoms with Gasteiger partial charge < -0.3 is 10.5 Å². The van der Waals surface area contributed by atoms with E-state index in [4.69, 9.17) is 15.5 Å². The van der Waals surface area contributed by atoms with Gasteiger partial charge in [0.15, 0.2) is 0 Å². The summed E-state index contributed by atoms with van der Waals surface area (Å²) in [4.78, 5) is 18.8. The maximum atomic E-state index is 13.7. The summed E-state index contributed by atoms with van der Waals surface area (Å²) in [7, 11) is 0. The second-order valence-electron chi connectivity index (χ2n) is 11.2. The number of nitrogens with zero attached hydrogens (tertiary/aromatic N) is 1. The van der Waals surface area contributed by atoms with Crippen molar-refractivity contribution in [2.45, 2.75) is 73.5 Å². The molecule has 0 saturated heterocycles. The minimum atomic E-state index is -0.626. The lowest BCUT2D eigenvalue weighted by atomic mass is 9.84. The van der Waals surface area contributed by atoms with E-state index in [9.17, 15) is 4.79 Å². The van der Waals surface area contributed by atoms with E-state index in [1.807, 2.05) is 39.0 Å². The van der Waals surface area contributed by atoms with Crippen molar-refractivity contribution >= 4 is 5.97 Å². The van der Waals surface area contributed by atoms with Crippen molar-refractivity contribution in [2.75, 3.05) is 0 Å². The minimum Gasteiger partial charge on any atom is -0.456 e. The number of ether oxygens (including phenoxy) is 1. The molecule has 2 N–H and O–H groups in total. The van der Waals surface area contributed by atoms with Crippen LogP contribution in [0.4, 0.5) is 0 Å². The van der Waals surface area contributed by atoms with E-state index in [0.29, 0.717) is 18.5 Å². The van der Waals surface area contributed by atoms with Crippen molar-refractivity contribution in [2.24, 2.45) is 11.1 Å². The third-order valence-electron chi connectivity index (χ3n) is 5.52. The Morgan fingerprint density at radius 2 is 1.53 bits per heavy atom. The summed E-state index contributed by atoms with van der Waals surface area (Å²) in [6.45, 7) is 14.6. The first-order valence-corrected chi connectivity index (χ1v) is 12.0. The second kappa shape index (κ2) is 10.1. The number of benzene rings is 2. The number of esters is 1. The number of rotatable bonds is 6. The monoisotopic (exact) mass is 458 g/mol. The molecule has 3 aromatic rings. The van der Waals surface area contributed by atoms with Gasteiger partial charge in [0.1, 0.15) is 5.60 Å². The van der Waals surface area contributed by atoms with E-state index in [-0.39, 0.29) is 11.4 Å². The fourth-order valence-corrected chi connectivity index (χ4v) is 4.10. The van der Waals surface area contributed by atoms with Gasteiger partial charge in [-0.15, -0.1) is 0 Å². The molecule has 180 valence electrons. The van der Waals surface area contributed by atoms with Gasteiger partial charge in [-0.3, -0.25) is 4.98 Å². The summed E-state index contributed by atoms with van der Waals surface area (Å²) in [5.74, 6) is -0.362. The molecule has 1 heterocycles. The van der Waals surface area contributed by atoms with E-state index in [1.165, 1.54) is 0 Å². The Labute approximate surface area is 204 Å². The molecule has 4 nitrogen and oxygen atoms in total. The zero-order chi connectivity index (χ0) is 25.1. The Kier molecular flexibility index (Phi) is 7.62. The number of hydrogen-bond donors (Lipinski definition) is 1. The number of aryl methyl sites for hydroxylation is 1. The molecule has 0 atom stereocenters. The summed E-state index contributed by atoms with van der Waals surface area (Å²) >= 11 is 0. The smallest absolute Gasteiger partial charge is 0.341 e. The molecule has 3 rings (SSSR count). The number of carbonyl (C=O) groups excluding carboxylic acids is 1. The predicted octanol–water partition coefficient (Wildman–Crippen LogP) is 6.65. The molecular formula is C30H38N2O2. The molecule has 0 aliphatic carbocycles. The largest absolute Gasteiger partial charge is 0.456 e. The number of aromatic nitrogens is 1. The summed E-state index contributed by atoms with van der Waals surface area (Å²) < 4.78 is 5.91. The van der Waals surface area contributed by atoms with E-state index < -0.39 is 5.60 Å². The Morgan fingerprint density at radius 1 is 0.912 bits per heavy atom. The molecule has 0 bridgehead atoms. The normalized spacial score (nSPS) is 12.0. The zero-order valence-electron chi connectivity index (χ0n) is 21.7. The highest BCUT2D eigenvalue weighted by atomic mass is 16.6. The van der Waals surface area contributed by atoms with E-state index in [2.05, 4.69) is 64.1 Å². The number of nitrogens with two attached hydrogens (primary N) is 1. The van der Waals surface area contributed by atoms with Gasteiger partial charge in [0.2, 0.25) is 0 Å². The van der Waals surface area contributed by atoms with Gasteiger partial charge in [-0.25, -0.2) is 4.79 Å². The fraction of sp³-hybridized carbons (Fsp3) is 0.400. The molecule has 34 heavy (non-hydrogen) atoms. The van der Waals surface area contributed by atoms with Gasteiger partial charge in [-0.1, -0.05) is 80.9 Å². The maximum absolute atomic E-state index is 13.7. The Morgan fingerprint density at radius 3 is 2.06 bits per heavy atom. The zero-order valence-corrected chi connectivity index (χ0v) is 21.7. The van der Waals surface area contributed by atoms with Crippen LogP contribution in [0.1, 0.15) is 80.0 Å². The Bertz CT molecular complexity index is 1140. The molecule has 0 unspecified atom stereocenters. The molecular weight excluding hydrogens is 420 g/mol. The van der Waals surface area contributed by atoms with Crippen molar-refractivity contribution in [1.29, 1.82) is 0 Å². The molecule has 0 saturated carbocycles. The first kappa shape index (κ1) is 25.6. The standard InChI is InChI=1S/C30H38N2O2/c1-20-13-15-22(16-14-20)26-23(19-31)25(18-29(2,3)4)32-24(17-21-11-9-8-10-12-21)27(26)28(33)34-30(5,6)7/h8-16H,17-19,31H2,1-7H3. The molecule has 0 aliphatic rings. The molecule has 4 heteroatoms. The van der Waals surface area contributed by atoms with E-state index in [1.54, 1.807) is 0 Å². The van der Waals surface area contributed by atoms with Crippen molar-refractivity contribution in [3.05, 3.63) is 88.2 Å². The molecule has 0 amide bonds. The van der Waals surface area contributed by atoms with E-state index in [0.717, 1.165) is 45.6 Å². The van der Waals surface area contributed by atoms with Crippen LogP contribution >= 0.6 is 0 Å². The van der Waals surface area contributed by atoms with Gasteiger partial charge in [-0.05, 0) is 56.2 Å². The number of hydrogen-bond acceptors (Lipinski definition) is 4. The van der Waals surface area contributed by atoms with Gasteiger partial charge in [0, 0.05) is 24.2 Å². The van der Waals surface area contributed by atoms with Crippen LogP contribution in [0.2, 0.25) is 0 Å². The van der Waals surface area contributed by atoms with Crippen LogP contribution in [0.15, 0.2) is 54.6 Å². The molecule has 0 radical (unpaired) electrons. The van der Waals surface area contributed by atoms with Crippen LogP contribution in [0.25, 0.3) is 11.1 Å². The van der Waals surface area contributed by atoms with Crippen LogP contribution < -0.4 is 5.73 Å². The van der Waals surface area contributed by atoms with Crippen molar-refractivity contribution in [3.63, 3.8) is 0 Å². The second-order valence-corrected chi connectivity index (χ2v) is 11.2. The lowest BCUT2D eigenvalue weighted by molar-refractivity contribution is 0.00687. The Hall–Kier alpha value is -2.98. The van der Waals surface area contributed by atoms with Crippen molar-refractivity contribution in [3.8, 4) is 11.1 Å². The third kappa shape index (κ3) is 6.54. The van der Waals surface area contributed by atoms with Crippen LogP contribution in [0.3, 0.4) is 0 Å². The minimum absolute atomic E-state index is 0.0128. The van der Waals surface area contributed by atoms with Crippen molar-refractivity contribution < 1.29 is 9.53 Å². The summed E-state index contributed by atoms with van der Waals surface area (Å²) in [6.07, 6.45) is 1.30. The highest BCUT2D eigenvalue weighted by molar-refractivity contribution is 6.00. The average Bonchev–Trinajstić information content (AvgIpc) is 2.72. The highest BCUT2D eigenvalue weighted by Gasteiger charge is 2.29. The van der Waals surface area contributed by atoms with Gasteiger partial charge >= 0.3 is 5.97 Å². The first-order valence-electron chi connectivity index (χ1n) is 12.0. The SMILES string of the molecule is Cc1ccc(-c2c(CN)c(CC(C)(C)C)nc(Cc3ccccc3)c2C(=O)OC(C)(C)C)cc1. The molecule has 0 spiro atoms. The van der Waals surface area contributed by atoms with Gasteiger partial charge in [-0.2, -0.15) is 0 Å². The maximum Gasteiger partial charge on any atom is 0.341 e.